The lowest BCUT2D eigenvalue weighted by molar-refractivity contribution is 0.0936. The van der Waals surface area contributed by atoms with Gasteiger partial charge in [-0.2, -0.15) is 4.98 Å². The van der Waals surface area contributed by atoms with Crippen LogP contribution in [0.5, 0.6) is 5.75 Å². The van der Waals surface area contributed by atoms with E-state index in [1.807, 2.05) is 24.3 Å². The first-order valence-electron chi connectivity index (χ1n) is 10.5. The number of aliphatic hydroxyl groups is 1. The molecule has 3 aromatic rings. The predicted octanol–water partition coefficient (Wildman–Crippen LogP) is -0.165. The normalized spacial score (nSPS) is 15.4. The largest absolute Gasteiger partial charge is 0.491 e. The van der Waals surface area contributed by atoms with Gasteiger partial charge in [-0.25, -0.2) is 4.79 Å². The molecule has 3 N–H and O–H groups in total. The van der Waals surface area contributed by atoms with Gasteiger partial charge in [-0.05, 0) is 24.1 Å². The van der Waals surface area contributed by atoms with E-state index in [1.54, 1.807) is 11.6 Å². The fraction of sp³-hybridized carbons (Fsp3) is 0.476. The molecule has 10 nitrogen and oxygen atoms in total. The molecular weight excluding hydrogens is 400 g/mol. The van der Waals surface area contributed by atoms with Crippen LogP contribution in [0.3, 0.4) is 0 Å². The van der Waals surface area contributed by atoms with Crippen molar-refractivity contribution in [2.45, 2.75) is 26.0 Å². The first-order valence-corrected chi connectivity index (χ1v) is 10.5. The second-order valence-electron chi connectivity index (χ2n) is 7.72. The molecule has 1 aromatic carbocycles. The van der Waals surface area contributed by atoms with Crippen molar-refractivity contribution in [3.8, 4) is 5.75 Å². The third-order valence-corrected chi connectivity index (χ3v) is 5.53. The molecule has 0 amide bonds. The number of hydrogen-bond donors (Lipinski definition) is 3. The van der Waals surface area contributed by atoms with E-state index in [0.717, 1.165) is 25.1 Å². The quantitative estimate of drug-likeness (QED) is 0.478. The standard InChI is InChI=1S/C21H28N6O4/c1-3-14-5-4-6-16(11-14)31-13-15(28)12-27-17-18(25(2)21(30)24-19(17)29)23-20(27)26-9-7-22-8-10-26/h4-6,11,15,22,28H,3,7-10,12-13H2,1-2H3,(H,24,29,30)/t15-/m0/s1. The molecule has 1 atom stereocenters. The molecule has 3 heterocycles. The molecule has 0 radical (unpaired) electrons. The van der Waals surface area contributed by atoms with E-state index >= 15 is 0 Å². The number of rotatable bonds is 7. The predicted molar refractivity (Wildman–Crippen MR) is 118 cm³/mol. The van der Waals surface area contributed by atoms with Gasteiger partial charge in [0.2, 0.25) is 5.95 Å². The molecule has 0 spiro atoms. The molecule has 0 unspecified atom stereocenters. The Hall–Kier alpha value is -3.11. The molecule has 4 rings (SSSR count). The van der Waals surface area contributed by atoms with Crippen LogP contribution in [0, 0.1) is 0 Å². The number of nitrogens with zero attached hydrogens (tertiary/aromatic N) is 4. The highest BCUT2D eigenvalue weighted by Gasteiger charge is 2.24. The van der Waals surface area contributed by atoms with Crippen molar-refractivity contribution in [2.24, 2.45) is 7.05 Å². The van der Waals surface area contributed by atoms with Crippen LogP contribution < -0.4 is 26.2 Å². The van der Waals surface area contributed by atoms with Crippen LogP contribution in [0.15, 0.2) is 33.9 Å². The topological polar surface area (TPSA) is 117 Å². The zero-order chi connectivity index (χ0) is 22.0. The number of fused-ring (bicyclic) bond motifs is 1. The Balaban J connectivity index is 1.63. The lowest BCUT2D eigenvalue weighted by Gasteiger charge is -2.29. The number of aryl methyl sites for hydroxylation is 2. The van der Waals surface area contributed by atoms with Crippen LogP contribution in [0.1, 0.15) is 12.5 Å². The number of H-pyrrole nitrogens is 1. The second-order valence-corrected chi connectivity index (χ2v) is 7.72. The fourth-order valence-corrected chi connectivity index (χ4v) is 3.81. The van der Waals surface area contributed by atoms with Crippen LogP contribution in [-0.4, -0.2) is 63.1 Å². The van der Waals surface area contributed by atoms with Crippen molar-refractivity contribution in [2.75, 3.05) is 37.7 Å². The summed E-state index contributed by atoms with van der Waals surface area (Å²) in [6.07, 6.45) is 0.0250. The summed E-state index contributed by atoms with van der Waals surface area (Å²) < 4.78 is 8.79. The number of imidazole rings is 1. The Labute approximate surface area is 179 Å². The maximum Gasteiger partial charge on any atom is 0.329 e. The average Bonchev–Trinajstić information content (AvgIpc) is 3.16. The van der Waals surface area contributed by atoms with Gasteiger partial charge in [-0.1, -0.05) is 19.1 Å². The van der Waals surface area contributed by atoms with Gasteiger partial charge in [0, 0.05) is 33.2 Å². The van der Waals surface area contributed by atoms with Crippen LogP contribution >= 0.6 is 0 Å². The highest BCUT2D eigenvalue weighted by molar-refractivity contribution is 5.74. The van der Waals surface area contributed by atoms with E-state index in [-0.39, 0.29) is 18.7 Å². The maximum atomic E-state index is 12.6. The molecule has 1 saturated heterocycles. The first kappa shape index (κ1) is 21.1. The van der Waals surface area contributed by atoms with Gasteiger partial charge in [0.15, 0.2) is 11.2 Å². The smallest absolute Gasteiger partial charge is 0.329 e. The van der Waals surface area contributed by atoms with E-state index in [2.05, 4.69) is 27.1 Å². The van der Waals surface area contributed by atoms with E-state index in [0.29, 0.717) is 30.4 Å². The minimum atomic E-state index is -0.874. The summed E-state index contributed by atoms with van der Waals surface area (Å²) >= 11 is 0. The number of anilines is 1. The van der Waals surface area contributed by atoms with E-state index in [1.165, 1.54) is 4.57 Å². The Morgan fingerprint density at radius 3 is 2.77 bits per heavy atom. The molecule has 166 valence electrons. The average molecular weight is 428 g/mol. The van der Waals surface area contributed by atoms with Gasteiger partial charge in [-0.3, -0.25) is 14.3 Å². The van der Waals surface area contributed by atoms with Crippen LogP contribution in [0.4, 0.5) is 5.95 Å². The van der Waals surface area contributed by atoms with Crippen molar-refractivity contribution in [1.29, 1.82) is 0 Å². The summed E-state index contributed by atoms with van der Waals surface area (Å²) in [7, 11) is 1.57. The first-order chi connectivity index (χ1) is 15.0. The summed E-state index contributed by atoms with van der Waals surface area (Å²) in [6, 6.07) is 7.75. The maximum absolute atomic E-state index is 12.6. The van der Waals surface area contributed by atoms with Gasteiger partial charge < -0.3 is 24.6 Å². The van der Waals surface area contributed by atoms with Crippen molar-refractivity contribution in [3.05, 3.63) is 50.7 Å². The molecule has 1 aliphatic rings. The van der Waals surface area contributed by atoms with Crippen LogP contribution in [0.2, 0.25) is 0 Å². The Kier molecular flexibility index (Phi) is 6.10. The lowest BCUT2D eigenvalue weighted by atomic mass is 10.2. The number of aromatic amines is 1. The third kappa shape index (κ3) is 4.35. The summed E-state index contributed by atoms with van der Waals surface area (Å²) in [5.74, 6) is 1.26. The minimum Gasteiger partial charge on any atom is -0.491 e. The minimum absolute atomic E-state index is 0.0670. The Morgan fingerprint density at radius 1 is 1.26 bits per heavy atom. The fourth-order valence-electron chi connectivity index (χ4n) is 3.81. The molecule has 0 bridgehead atoms. The van der Waals surface area contributed by atoms with Crippen molar-refractivity contribution < 1.29 is 9.84 Å². The summed E-state index contributed by atoms with van der Waals surface area (Å²) in [5.41, 5.74) is 0.680. The zero-order valence-corrected chi connectivity index (χ0v) is 17.8. The zero-order valence-electron chi connectivity index (χ0n) is 17.8. The van der Waals surface area contributed by atoms with Crippen LogP contribution in [0.25, 0.3) is 11.2 Å². The molecular formula is C21H28N6O4. The number of benzene rings is 1. The monoisotopic (exact) mass is 428 g/mol. The van der Waals surface area contributed by atoms with Gasteiger partial charge >= 0.3 is 5.69 Å². The number of aliphatic hydroxyl groups excluding tert-OH is 1. The number of nitrogens with one attached hydrogen (secondary N) is 2. The van der Waals surface area contributed by atoms with Crippen molar-refractivity contribution >= 4 is 17.1 Å². The molecule has 1 aliphatic heterocycles. The highest BCUT2D eigenvalue weighted by atomic mass is 16.5. The molecule has 0 aliphatic carbocycles. The van der Waals surface area contributed by atoms with E-state index in [4.69, 9.17) is 4.74 Å². The molecule has 31 heavy (non-hydrogen) atoms. The van der Waals surface area contributed by atoms with Gasteiger partial charge in [0.05, 0.1) is 6.54 Å². The lowest BCUT2D eigenvalue weighted by Crippen LogP contribution is -2.45. The summed E-state index contributed by atoms with van der Waals surface area (Å²) in [4.78, 5) is 33.7. The van der Waals surface area contributed by atoms with Crippen molar-refractivity contribution in [3.63, 3.8) is 0 Å². The number of aromatic nitrogens is 4. The van der Waals surface area contributed by atoms with Gasteiger partial charge in [0.25, 0.3) is 5.56 Å². The van der Waals surface area contributed by atoms with Crippen molar-refractivity contribution in [1.82, 2.24) is 24.4 Å². The Morgan fingerprint density at radius 2 is 2.03 bits per heavy atom. The highest BCUT2D eigenvalue weighted by Crippen LogP contribution is 2.21. The Bertz CT molecular complexity index is 1170. The molecule has 0 saturated carbocycles. The SMILES string of the molecule is CCc1cccc(OC[C@@H](O)Cn2c(N3CCNCC3)nc3c2c(=O)[nH]c(=O)n3C)c1. The molecule has 10 heteroatoms. The third-order valence-electron chi connectivity index (χ3n) is 5.53. The van der Waals surface area contributed by atoms with Crippen LogP contribution in [-0.2, 0) is 20.0 Å². The second kappa shape index (κ2) is 8.94. The summed E-state index contributed by atoms with van der Waals surface area (Å²) in [6.45, 7) is 5.26. The number of piperazine rings is 1. The van der Waals surface area contributed by atoms with E-state index in [9.17, 15) is 14.7 Å². The number of hydrogen-bond acceptors (Lipinski definition) is 7. The van der Waals surface area contributed by atoms with E-state index < -0.39 is 17.4 Å². The van der Waals surface area contributed by atoms with Gasteiger partial charge in [0.1, 0.15) is 18.5 Å². The molecule has 2 aromatic heterocycles. The molecule has 1 fully saturated rings. The number of ether oxygens (including phenoxy) is 1. The summed E-state index contributed by atoms with van der Waals surface area (Å²) in [5, 5.41) is 14.0. The van der Waals surface area contributed by atoms with Gasteiger partial charge in [-0.15, -0.1) is 0 Å².